The minimum absolute atomic E-state index is 0.00560. The number of hydrogen-bond donors (Lipinski definition) is 1. The molecule has 0 radical (unpaired) electrons. The fourth-order valence-corrected chi connectivity index (χ4v) is 9.01. The molecule has 2 aliphatic rings. The Bertz CT molecular complexity index is 2660. The lowest BCUT2D eigenvalue weighted by Gasteiger charge is -2.37. The van der Waals surface area contributed by atoms with Crippen LogP contribution >= 0.6 is 10.7 Å². The predicted molar refractivity (Wildman–Crippen MR) is 228 cm³/mol. The summed E-state index contributed by atoms with van der Waals surface area (Å²) in [5.74, 6) is 0.654. The number of nitrogens with zero attached hydrogens (tertiary/aromatic N) is 1. The number of para-hydroxylation sites is 4. The number of carbonyl (C=O) groups is 2. The molecule has 8 rings (SSSR count). The van der Waals surface area contributed by atoms with Gasteiger partial charge in [-0.1, -0.05) is 84.9 Å². The molecule has 59 heavy (non-hydrogen) atoms. The summed E-state index contributed by atoms with van der Waals surface area (Å²) in [5, 5.41) is 6.91. The van der Waals surface area contributed by atoms with E-state index >= 15 is 0 Å². The first-order chi connectivity index (χ1) is 28.4. The van der Waals surface area contributed by atoms with Crippen molar-refractivity contribution in [1.82, 2.24) is 0 Å². The number of carbonyl (C=O) groups excluding carboxylic acids is 2. The van der Waals surface area contributed by atoms with Crippen LogP contribution in [0, 0.1) is 0 Å². The molecule has 308 valence electrons. The van der Waals surface area contributed by atoms with E-state index in [1.54, 1.807) is 68.4 Å². The number of rotatable bonds is 9. The van der Waals surface area contributed by atoms with E-state index < -0.39 is 31.1 Å². The van der Waals surface area contributed by atoms with E-state index in [-0.39, 0.29) is 41.4 Å². The molecule has 2 atom stereocenters. The molecule has 15 heteroatoms. The second-order valence-electron chi connectivity index (χ2n) is 13.4. The van der Waals surface area contributed by atoms with Crippen LogP contribution in [0.1, 0.15) is 26.7 Å². The van der Waals surface area contributed by atoms with Crippen molar-refractivity contribution in [2.24, 2.45) is 0 Å². The normalized spacial score (nSPS) is 15.6. The smallest absolute Gasteiger partial charge is 0.308 e. The fourth-order valence-electron chi connectivity index (χ4n) is 6.55. The Kier molecular flexibility index (Phi) is 14.0. The van der Waals surface area contributed by atoms with Crippen LogP contribution in [0.2, 0.25) is 0 Å². The van der Waals surface area contributed by atoms with E-state index in [4.69, 9.17) is 29.6 Å². The largest absolute Gasteiger partial charge is 0.489 e. The maximum absolute atomic E-state index is 13.7. The third kappa shape index (κ3) is 10.8. The third-order valence-electron chi connectivity index (χ3n) is 9.26. The number of hydrogen-bond acceptors (Lipinski definition) is 11. The van der Waals surface area contributed by atoms with Gasteiger partial charge < -0.3 is 24.3 Å². The van der Waals surface area contributed by atoms with Crippen LogP contribution in [0.25, 0.3) is 21.5 Å². The van der Waals surface area contributed by atoms with Crippen molar-refractivity contribution in [1.29, 1.82) is 0 Å². The maximum atomic E-state index is 13.7. The van der Waals surface area contributed by atoms with Crippen molar-refractivity contribution in [2.45, 2.75) is 48.6 Å². The molecule has 0 aliphatic carbocycles. The predicted octanol–water partition coefficient (Wildman–Crippen LogP) is 8.33. The Balaban J connectivity index is 0.000000164. The first kappa shape index (κ1) is 42.8. The zero-order chi connectivity index (χ0) is 42.0. The summed E-state index contributed by atoms with van der Waals surface area (Å²) in [6.07, 6.45) is 0.247. The van der Waals surface area contributed by atoms with Crippen LogP contribution in [0.15, 0.2) is 143 Å². The van der Waals surface area contributed by atoms with Crippen molar-refractivity contribution in [2.75, 3.05) is 36.0 Å². The molecule has 2 aliphatic heterocycles. The first-order valence-corrected chi connectivity index (χ1v) is 22.6. The molecule has 0 saturated carbocycles. The Hall–Kier alpha value is -5.83. The molecule has 0 aromatic heterocycles. The summed E-state index contributed by atoms with van der Waals surface area (Å²) in [6, 6.07) is 38.9. The van der Waals surface area contributed by atoms with Crippen LogP contribution in [0.3, 0.4) is 0 Å². The number of anilines is 2. The molecule has 0 saturated heterocycles. The molecular weight excluding hydrogens is 816 g/mol. The van der Waals surface area contributed by atoms with Crippen molar-refractivity contribution in [3.63, 3.8) is 0 Å². The van der Waals surface area contributed by atoms with Crippen molar-refractivity contribution in [3.8, 4) is 11.5 Å². The van der Waals surface area contributed by atoms with Gasteiger partial charge >= 0.3 is 11.9 Å². The van der Waals surface area contributed by atoms with Gasteiger partial charge in [0.25, 0.3) is 19.1 Å². The standard InChI is InChI=1S/C22H21NO5S.C12H15NO3.C10H7ClO2S/c1-2-27-22(24)14-18-15-28-21-10-6-5-9-20(21)23(18)29(25,26)19-12-11-16-7-3-4-8-17(16)13-19;1-2-15-12(14)7-9-8-16-11-6-4-3-5-10(11)13-9;11-14(12,13)10-6-5-8-3-1-2-4-9(8)7-10/h3-13,18H,2,14-15H2,1H3;3-6,9,13H,2,7-8H2,1H3;1-7H. The zero-order valence-corrected chi connectivity index (χ0v) is 34.7. The summed E-state index contributed by atoms with van der Waals surface area (Å²) < 4.78 is 71.9. The second kappa shape index (κ2) is 19.3. The average Bonchev–Trinajstić information content (AvgIpc) is 3.23. The topological polar surface area (TPSA) is 155 Å². The minimum Gasteiger partial charge on any atom is -0.489 e. The van der Waals surface area contributed by atoms with Crippen molar-refractivity contribution >= 4 is 74.6 Å². The molecule has 6 aromatic rings. The van der Waals surface area contributed by atoms with E-state index in [0.29, 0.717) is 31.1 Å². The lowest BCUT2D eigenvalue weighted by molar-refractivity contribution is -0.144. The maximum Gasteiger partial charge on any atom is 0.308 e. The van der Waals surface area contributed by atoms with Gasteiger partial charge in [0.15, 0.2) is 0 Å². The summed E-state index contributed by atoms with van der Waals surface area (Å²) in [7, 11) is -2.32. The molecular formula is C44H43ClN2O10S2. The Morgan fingerprint density at radius 1 is 0.644 bits per heavy atom. The Morgan fingerprint density at radius 3 is 1.78 bits per heavy atom. The van der Waals surface area contributed by atoms with Crippen LogP contribution in [-0.4, -0.2) is 67.3 Å². The average molecular weight is 859 g/mol. The third-order valence-corrected chi connectivity index (χ3v) is 12.5. The quantitative estimate of drug-likeness (QED) is 0.110. The molecule has 0 fully saturated rings. The van der Waals surface area contributed by atoms with Crippen molar-refractivity contribution in [3.05, 3.63) is 133 Å². The second-order valence-corrected chi connectivity index (χ2v) is 17.7. The van der Waals surface area contributed by atoms with Crippen LogP contribution in [0.4, 0.5) is 11.4 Å². The SMILES string of the molecule is CCOC(=O)CC1COc2ccccc2N1.CCOC(=O)CC1COc2ccccc2N1S(=O)(=O)c1ccc2ccccc2c1.O=S(=O)(Cl)c1ccc2ccccc2c1. The van der Waals surface area contributed by atoms with Gasteiger partial charge in [-0.2, -0.15) is 0 Å². The summed E-state index contributed by atoms with van der Waals surface area (Å²) >= 11 is 0. The molecule has 0 bridgehead atoms. The molecule has 2 heterocycles. The number of esters is 2. The number of ether oxygens (including phenoxy) is 4. The Morgan fingerprint density at radius 2 is 1.15 bits per heavy atom. The van der Waals surface area contributed by atoms with Crippen molar-refractivity contribution < 1.29 is 45.4 Å². The van der Waals surface area contributed by atoms with Gasteiger partial charge in [0.1, 0.15) is 24.7 Å². The van der Waals surface area contributed by atoms with E-state index in [2.05, 4.69) is 5.32 Å². The van der Waals surface area contributed by atoms with Gasteiger partial charge in [-0.15, -0.1) is 0 Å². The highest BCUT2D eigenvalue weighted by molar-refractivity contribution is 8.13. The highest BCUT2D eigenvalue weighted by Crippen LogP contribution is 2.39. The highest BCUT2D eigenvalue weighted by atomic mass is 35.7. The Labute approximate surface area is 348 Å². The van der Waals surface area contributed by atoms with Gasteiger partial charge in [0.2, 0.25) is 0 Å². The lowest BCUT2D eigenvalue weighted by Crippen LogP contribution is -2.47. The molecule has 0 spiro atoms. The van der Waals surface area contributed by atoms with Gasteiger partial charge in [-0.25, -0.2) is 16.8 Å². The number of fused-ring (bicyclic) bond motifs is 4. The van der Waals surface area contributed by atoms with Gasteiger partial charge in [-0.3, -0.25) is 13.9 Å². The molecule has 2 unspecified atom stereocenters. The number of sulfonamides is 1. The van der Waals surface area contributed by atoms with Crippen LogP contribution in [0.5, 0.6) is 11.5 Å². The van der Waals surface area contributed by atoms with Gasteiger partial charge in [-0.05, 0) is 83.9 Å². The molecule has 1 N–H and O–H groups in total. The lowest BCUT2D eigenvalue weighted by atomic mass is 10.1. The fraction of sp³-hybridized carbons (Fsp3) is 0.227. The summed E-state index contributed by atoms with van der Waals surface area (Å²) in [4.78, 5) is 23.7. The zero-order valence-electron chi connectivity index (χ0n) is 32.3. The van der Waals surface area contributed by atoms with E-state index in [1.165, 1.54) is 10.4 Å². The van der Waals surface area contributed by atoms with Gasteiger partial charge in [0.05, 0.1) is 59.3 Å². The monoisotopic (exact) mass is 858 g/mol. The number of halogens is 1. The van der Waals surface area contributed by atoms with Crippen LogP contribution < -0.4 is 19.1 Å². The summed E-state index contributed by atoms with van der Waals surface area (Å²) in [5.41, 5.74) is 1.35. The molecule has 6 aromatic carbocycles. The highest BCUT2D eigenvalue weighted by Gasteiger charge is 2.38. The van der Waals surface area contributed by atoms with Gasteiger partial charge in [0, 0.05) is 10.7 Å². The van der Waals surface area contributed by atoms with Crippen LogP contribution in [-0.2, 0) is 38.1 Å². The summed E-state index contributed by atoms with van der Waals surface area (Å²) in [6.45, 7) is 4.74. The van der Waals surface area contributed by atoms with E-state index in [9.17, 15) is 26.4 Å². The molecule has 12 nitrogen and oxygen atoms in total. The van der Waals surface area contributed by atoms with E-state index in [0.717, 1.165) is 33.0 Å². The number of nitrogens with one attached hydrogen (secondary N) is 1. The van der Waals surface area contributed by atoms with E-state index in [1.807, 2.05) is 72.8 Å². The number of benzene rings is 6. The molecule has 0 amide bonds. The first-order valence-electron chi connectivity index (χ1n) is 18.9. The minimum atomic E-state index is -3.93.